The molecule has 0 saturated heterocycles. The molecular formula is C18H30O2. The van der Waals surface area contributed by atoms with Gasteiger partial charge in [-0.1, -0.05) is 57.5 Å². The fraction of sp³-hybridized carbons (Fsp3) is 0.667. The molecule has 0 spiro atoms. The van der Waals surface area contributed by atoms with E-state index in [-0.39, 0.29) is 12.2 Å². The van der Waals surface area contributed by atoms with Crippen molar-refractivity contribution in [3.05, 3.63) is 35.9 Å². The largest absolute Gasteiger partial charge is 0.381 e. The second-order valence-electron chi connectivity index (χ2n) is 5.85. The highest BCUT2D eigenvalue weighted by molar-refractivity contribution is 5.17. The lowest BCUT2D eigenvalue weighted by atomic mass is 9.97. The number of unbranched alkanes of at least 4 members (excludes halogenated alkanes) is 1. The number of rotatable bonds is 10. The normalized spacial score (nSPS) is 14.4. The highest BCUT2D eigenvalue weighted by Gasteiger charge is 2.19. The average molecular weight is 278 g/mol. The molecule has 0 aliphatic heterocycles. The van der Waals surface area contributed by atoms with Crippen LogP contribution in [-0.2, 0) is 9.47 Å². The van der Waals surface area contributed by atoms with Crippen LogP contribution in [0.25, 0.3) is 0 Å². The van der Waals surface area contributed by atoms with Crippen molar-refractivity contribution in [1.29, 1.82) is 0 Å². The van der Waals surface area contributed by atoms with Gasteiger partial charge in [-0.05, 0) is 24.3 Å². The molecule has 0 saturated carbocycles. The summed E-state index contributed by atoms with van der Waals surface area (Å²) < 4.78 is 11.7. The smallest absolute Gasteiger partial charge is 0.0849 e. The minimum absolute atomic E-state index is 0.145. The monoisotopic (exact) mass is 278 g/mol. The van der Waals surface area contributed by atoms with Gasteiger partial charge in [-0.15, -0.1) is 0 Å². The summed E-state index contributed by atoms with van der Waals surface area (Å²) in [6, 6.07) is 10.5. The summed E-state index contributed by atoms with van der Waals surface area (Å²) in [5.41, 5.74) is 1.26. The van der Waals surface area contributed by atoms with Crippen LogP contribution in [0, 0.1) is 5.92 Å². The van der Waals surface area contributed by atoms with Crippen molar-refractivity contribution >= 4 is 0 Å². The van der Waals surface area contributed by atoms with Crippen LogP contribution in [0.1, 0.15) is 58.1 Å². The fourth-order valence-corrected chi connectivity index (χ4v) is 2.39. The molecule has 0 aliphatic carbocycles. The van der Waals surface area contributed by atoms with Crippen LogP contribution >= 0.6 is 0 Å². The molecule has 1 rings (SSSR count). The Morgan fingerprint density at radius 2 is 1.75 bits per heavy atom. The number of hydrogen-bond donors (Lipinski definition) is 0. The summed E-state index contributed by atoms with van der Waals surface area (Å²) in [5.74, 6) is 0.645. The van der Waals surface area contributed by atoms with E-state index in [0.717, 1.165) is 25.9 Å². The third-order valence-electron chi connectivity index (χ3n) is 3.53. The maximum Gasteiger partial charge on any atom is 0.0849 e. The van der Waals surface area contributed by atoms with E-state index in [1.165, 1.54) is 12.0 Å². The minimum atomic E-state index is 0.145. The van der Waals surface area contributed by atoms with Crippen molar-refractivity contribution in [3.8, 4) is 0 Å². The van der Waals surface area contributed by atoms with E-state index in [2.05, 4.69) is 51.1 Å². The molecule has 0 bridgehead atoms. The van der Waals surface area contributed by atoms with Gasteiger partial charge < -0.3 is 9.47 Å². The Morgan fingerprint density at radius 3 is 2.30 bits per heavy atom. The number of benzene rings is 1. The lowest BCUT2D eigenvalue weighted by Gasteiger charge is -2.24. The molecule has 2 unspecified atom stereocenters. The van der Waals surface area contributed by atoms with E-state index in [4.69, 9.17) is 9.47 Å². The molecule has 1 aromatic rings. The van der Waals surface area contributed by atoms with Gasteiger partial charge in [0, 0.05) is 20.1 Å². The molecule has 2 atom stereocenters. The van der Waals surface area contributed by atoms with Crippen LogP contribution in [0.5, 0.6) is 0 Å². The van der Waals surface area contributed by atoms with Gasteiger partial charge in [-0.25, -0.2) is 0 Å². The highest BCUT2D eigenvalue weighted by Crippen LogP contribution is 2.26. The third kappa shape index (κ3) is 6.53. The third-order valence-corrected chi connectivity index (χ3v) is 3.53. The van der Waals surface area contributed by atoms with Gasteiger partial charge in [-0.3, -0.25) is 0 Å². The molecule has 114 valence electrons. The van der Waals surface area contributed by atoms with Gasteiger partial charge >= 0.3 is 0 Å². The number of ether oxygens (including phenoxy) is 2. The number of hydrogen-bond acceptors (Lipinski definition) is 2. The van der Waals surface area contributed by atoms with Gasteiger partial charge in [0.25, 0.3) is 0 Å². The van der Waals surface area contributed by atoms with E-state index in [1.807, 2.05) is 0 Å². The van der Waals surface area contributed by atoms with Crippen molar-refractivity contribution < 1.29 is 9.47 Å². The van der Waals surface area contributed by atoms with Crippen molar-refractivity contribution in [2.24, 2.45) is 5.92 Å². The predicted octanol–water partition coefficient (Wildman–Crippen LogP) is 5.00. The Labute approximate surface area is 124 Å². The van der Waals surface area contributed by atoms with Crippen LogP contribution < -0.4 is 0 Å². The summed E-state index contributed by atoms with van der Waals surface area (Å²) in [4.78, 5) is 0. The average Bonchev–Trinajstić information content (AvgIpc) is 2.46. The molecule has 0 aliphatic rings. The quantitative estimate of drug-likeness (QED) is 0.561. The molecule has 20 heavy (non-hydrogen) atoms. The molecule has 0 radical (unpaired) electrons. The van der Waals surface area contributed by atoms with Gasteiger partial charge in [-0.2, -0.15) is 0 Å². The molecule has 0 N–H and O–H groups in total. The Kier molecular flexibility index (Phi) is 8.56. The first-order valence-electron chi connectivity index (χ1n) is 7.86. The second kappa shape index (κ2) is 9.95. The van der Waals surface area contributed by atoms with Gasteiger partial charge in [0.2, 0.25) is 0 Å². The Balaban J connectivity index is 2.66. The summed E-state index contributed by atoms with van der Waals surface area (Å²) in [5, 5.41) is 0. The Bertz CT molecular complexity index is 335. The Morgan fingerprint density at radius 1 is 1.05 bits per heavy atom. The zero-order chi connectivity index (χ0) is 14.8. The molecule has 0 aromatic heterocycles. The maximum absolute atomic E-state index is 6.10. The maximum atomic E-state index is 6.10. The van der Waals surface area contributed by atoms with Crippen LogP contribution in [0.2, 0.25) is 0 Å². The van der Waals surface area contributed by atoms with Crippen molar-refractivity contribution in [2.75, 3.05) is 13.7 Å². The van der Waals surface area contributed by atoms with Crippen LogP contribution in [0.4, 0.5) is 0 Å². The first-order valence-corrected chi connectivity index (χ1v) is 7.86. The SMILES string of the molecule is CCCCOC(CC(CC(C)C)OC)c1ccccc1. The van der Waals surface area contributed by atoms with Gasteiger partial charge in [0.05, 0.1) is 12.2 Å². The van der Waals surface area contributed by atoms with E-state index in [1.54, 1.807) is 7.11 Å². The molecule has 0 amide bonds. The van der Waals surface area contributed by atoms with Crippen LogP contribution in [0.15, 0.2) is 30.3 Å². The summed E-state index contributed by atoms with van der Waals surface area (Å²) in [6.07, 6.45) is 4.71. The second-order valence-corrected chi connectivity index (χ2v) is 5.85. The zero-order valence-electron chi connectivity index (χ0n) is 13.5. The van der Waals surface area contributed by atoms with Gasteiger partial charge in [0.15, 0.2) is 0 Å². The Hall–Kier alpha value is -0.860. The number of methoxy groups -OCH3 is 1. The molecule has 0 heterocycles. The van der Waals surface area contributed by atoms with E-state index in [0.29, 0.717) is 5.92 Å². The predicted molar refractivity (Wildman–Crippen MR) is 84.9 cm³/mol. The van der Waals surface area contributed by atoms with E-state index < -0.39 is 0 Å². The van der Waals surface area contributed by atoms with E-state index in [9.17, 15) is 0 Å². The standard InChI is InChI=1S/C18H30O2/c1-5-6-12-20-18(16-10-8-7-9-11-16)14-17(19-4)13-15(2)3/h7-11,15,17-18H,5-6,12-14H2,1-4H3. The highest BCUT2D eigenvalue weighted by atomic mass is 16.5. The van der Waals surface area contributed by atoms with Crippen LogP contribution in [-0.4, -0.2) is 19.8 Å². The lowest BCUT2D eigenvalue weighted by Crippen LogP contribution is -2.19. The molecule has 2 heteroatoms. The molecular weight excluding hydrogens is 248 g/mol. The van der Waals surface area contributed by atoms with Crippen LogP contribution in [0.3, 0.4) is 0 Å². The van der Waals surface area contributed by atoms with Gasteiger partial charge in [0.1, 0.15) is 0 Å². The molecule has 2 nitrogen and oxygen atoms in total. The van der Waals surface area contributed by atoms with E-state index >= 15 is 0 Å². The lowest BCUT2D eigenvalue weighted by molar-refractivity contribution is -0.00951. The summed E-state index contributed by atoms with van der Waals surface area (Å²) in [7, 11) is 1.81. The minimum Gasteiger partial charge on any atom is -0.381 e. The summed E-state index contributed by atoms with van der Waals surface area (Å²) >= 11 is 0. The fourth-order valence-electron chi connectivity index (χ4n) is 2.39. The first-order chi connectivity index (χ1) is 9.67. The summed E-state index contributed by atoms with van der Waals surface area (Å²) in [6.45, 7) is 7.49. The van der Waals surface area contributed by atoms with Crippen molar-refractivity contribution in [1.82, 2.24) is 0 Å². The van der Waals surface area contributed by atoms with Crippen molar-refractivity contribution in [2.45, 2.75) is 58.7 Å². The molecule has 0 fully saturated rings. The first kappa shape index (κ1) is 17.2. The zero-order valence-corrected chi connectivity index (χ0v) is 13.5. The van der Waals surface area contributed by atoms with Crippen molar-refractivity contribution in [3.63, 3.8) is 0 Å². The molecule has 1 aromatic carbocycles. The topological polar surface area (TPSA) is 18.5 Å².